The SMILES string of the molecule is CC1(Cn2c(=S)[nH]c3cc(I)c(F)cc32)CCCO1. The molecule has 2 aromatic rings. The van der Waals surface area contributed by atoms with E-state index < -0.39 is 0 Å². The summed E-state index contributed by atoms with van der Waals surface area (Å²) in [5.41, 5.74) is 1.48. The second-order valence-electron chi connectivity index (χ2n) is 5.20. The van der Waals surface area contributed by atoms with Crippen LogP contribution in [0.5, 0.6) is 0 Å². The fourth-order valence-corrected chi connectivity index (χ4v) is 3.34. The molecule has 0 spiro atoms. The Hall–Kier alpha value is -0.470. The highest BCUT2D eigenvalue weighted by Crippen LogP contribution is 2.29. The van der Waals surface area contributed by atoms with Gasteiger partial charge >= 0.3 is 0 Å². The van der Waals surface area contributed by atoms with Gasteiger partial charge in [0.15, 0.2) is 4.77 Å². The van der Waals surface area contributed by atoms with Gasteiger partial charge in [-0.05, 0) is 60.6 Å². The number of fused-ring (bicyclic) bond motifs is 1. The van der Waals surface area contributed by atoms with Crippen molar-refractivity contribution in [1.82, 2.24) is 9.55 Å². The number of H-pyrrole nitrogens is 1. The number of aromatic nitrogens is 2. The Kier molecular flexibility index (Phi) is 3.43. The summed E-state index contributed by atoms with van der Waals surface area (Å²) in [7, 11) is 0. The van der Waals surface area contributed by atoms with Crippen LogP contribution in [0.3, 0.4) is 0 Å². The van der Waals surface area contributed by atoms with Gasteiger partial charge in [-0.2, -0.15) is 0 Å². The summed E-state index contributed by atoms with van der Waals surface area (Å²) >= 11 is 7.33. The van der Waals surface area contributed by atoms with E-state index in [-0.39, 0.29) is 11.4 Å². The number of halogens is 2. The van der Waals surface area contributed by atoms with E-state index in [2.05, 4.69) is 11.9 Å². The maximum absolute atomic E-state index is 13.7. The summed E-state index contributed by atoms with van der Waals surface area (Å²) in [5, 5.41) is 0. The van der Waals surface area contributed by atoms with Crippen LogP contribution < -0.4 is 0 Å². The second-order valence-corrected chi connectivity index (χ2v) is 6.75. The Labute approximate surface area is 129 Å². The van der Waals surface area contributed by atoms with Crippen molar-refractivity contribution in [2.45, 2.75) is 31.9 Å². The molecule has 1 saturated heterocycles. The fraction of sp³-hybridized carbons (Fsp3) is 0.462. The van der Waals surface area contributed by atoms with Crippen LogP contribution in [0.25, 0.3) is 11.0 Å². The van der Waals surface area contributed by atoms with Crippen LogP contribution in [0.4, 0.5) is 4.39 Å². The minimum atomic E-state index is -0.214. The fourth-order valence-electron chi connectivity index (χ4n) is 2.60. The number of imidazole rings is 1. The molecule has 0 aliphatic carbocycles. The normalized spacial score (nSPS) is 23.3. The van der Waals surface area contributed by atoms with E-state index in [1.54, 1.807) is 12.1 Å². The van der Waals surface area contributed by atoms with Gasteiger partial charge in [0.05, 0.1) is 26.7 Å². The van der Waals surface area contributed by atoms with Gasteiger partial charge in [-0.15, -0.1) is 0 Å². The van der Waals surface area contributed by atoms with Crippen molar-refractivity contribution < 1.29 is 9.13 Å². The molecule has 102 valence electrons. The molecule has 1 atom stereocenters. The summed E-state index contributed by atoms with van der Waals surface area (Å²) in [5.74, 6) is -0.214. The minimum absolute atomic E-state index is 0.202. The monoisotopic (exact) mass is 392 g/mol. The van der Waals surface area contributed by atoms with Gasteiger partial charge in [0.1, 0.15) is 5.82 Å². The van der Waals surface area contributed by atoms with Crippen LogP contribution in [-0.4, -0.2) is 21.8 Å². The van der Waals surface area contributed by atoms with Gasteiger partial charge < -0.3 is 14.3 Å². The van der Waals surface area contributed by atoms with E-state index in [1.807, 2.05) is 27.2 Å². The van der Waals surface area contributed by atoms with E-state index in [4.69, 9.17) is 17.0 Å². The van der Waals surface area contributed by atoms with Crippen molar-refractivity contribution in [3.63, 3.8) is 0 Å². The maximum atomic E-state index is 13.7. The highest BCUT2D eigenvalue weighted by Gasteiger charge is 2.31. The molecule has 0 saturated carbocycles. The van der Waals surface area contributed by atoms with E-state index in [0.717, 1.165) is 30.5 Å². The predicted octanol–water partition coefficient (Wildman–Crippen LogP) is 4.01. The van der Waals surface area contributed by atoms with Crippen LogP contribution in [0, 0.1) is 14.2 Å². The Morgan fingerprint density at radius 3 is 3.05 bits per heavy atom. The smallest absolute Gasteiger partial charge is 0.178 e. The number of rotatable bonds is 2. The molecule has 0 bridgehead atoms. The number of aromatic amines is 1. The first-order valence-corrected chi connectivity index (χ1v) is 7.69. The summed E-state index contributed by atoms with van der Waals surface area (Å²) < 4.78 is 22.7. The molecular weight excluding hydrogens is 378 g/mol. The summed E-state index contributed by atoms with van der Waals surface area (Å²) in [4.78, 5) is 3.14. The van der Waals surface area contributed by atoms with Crippen LogP contribution >= 0.6 is 34.8 Å². The first-order chi connectivity index (χ1) is 8.98. The third-order valence-electron chi connectivity index (χ3n) is 3.61. The zero-order valence-electron chi connectivity index (χ0n) is 10.5. The van der Waals surface area contributed by atoms with Crippen LogP contribution in [0.15, 0.2) is 12.1 Å². The Morgan fingerprint density at radius 2 is 2.37 bits per heavy atom. The molecule has 3 nitrogen and oxygen atoms in total. The molecule has 19 heavy (non-hydrogen) atoms. The standard InChI is InChI=1S/C13H14FIN2OS/c1-13(3-2-4-18-13)7-17-11-5-8(14)9(15)6-10(11)16-12(17)19/h5-6H,2-4,7H2,1H3,(H,16,19). The van der Waals surface area contributed by atoms with E-state index >= 15 is 0 Å². The number of hydrogen-bond donors (Lipinski definition) is 1. The molecule has 1 aromatic carbocycles. The lowest BCUT2D eigenvalue weighted by molar-refractivity contribution is 0.00678. The molecule has 1 aromatic heterocycles. The zero-order valence-corrected chi connectivity index (χ0v) is 13.5. The largest absolute Gasteiger partial charge is 0.373 e. The second kappa shape index (κ2) is 4.82. The van der Waals surface area contributed by atoms with Crippen molar-refractivity contribution in [2.75, 3.05) is 6.61 Å². The van der Waals surface area contributed by atoms with Gasteiger partial charge in [-0.1, -0.05) is 0 Å². The topological polar surface area (TPSA) is 29.9 Å². The quantitative estimate of drug-likeness (QED) is 0.618. The molecular formula is C13H14FIN2OS. The average Bonchev–Trinajstić information content (AvgIpc) is 2.88. The lowest BCUT2D eigenvalue weighted by atomic mass is 10.0. The molecule has 1 fully saturated rings. The minimum Gasteiger partial charge on any atom is -0.373 e. The van der Waals surface area contributed by atoms with Crippen LogP contribution in [-0.2, 0) is 11.3 Å². The highest BCUT2D eigenvalue weighted by molar-refractivity contribution is 14.1. The molecule has 1 N–H and O–H groups in total. The van der Waals surface area contributed by atoms with Gasteiger partial charge in [-0.25, -0.2) is 4.39 Å². The summed E-state index contributed by atoms with van der Waals surface area (Å²) in [6.07, 6.45) is 2.08. The third-order valence-corrected chi connectivity index (χ3v) is 4.76. The molecule has 1 aliphatic heterocycles. The van der Waals surface area contributed by atoms with Crippen molar-refractivity contribution >= 4 is 45.8 Å². The molecule has 0 amide bonds. The summed E-state index contributed by atoms with van der Waals surface area (Å²) in [6.45, 7) is 3.54. The first kappa shape index (κ1) is 13.5. The molecule has 3 rings (SSSR count). The Bertz CT molecular complexity index is 688. The molecule has 0 radical (unpaired) electrons. The van der Waals surface area contributed by atoms with Gasteiger partial charge in [0.2, 0.25) is 0 Å². The maximum Gasteiger partial charge on any atom is 0.178 e. The lowest BCUT2D eigenvalue weighted by Crippen LogP contribution is -2.29. The molecule has 1 unspecified atom stereocenters. The average molecular weight is 392 g/mol. The van der Waals surface area contributed by atoms with Crippen LogP contribution in [0.1, 0.15) is 19.8 Å². The number of nitrogens with one attached hydrogen (secondary N) is 1. The van der Waals surface area contributed by atoms with E-state index in [0.29, 0.717) is 14.9 Å². The number of hydrogen-bond acceptors (Lipinski definition) is 2. The Morgan fingerprint density at radius 1 is 1.58 bits per heavy atom. The number of nitrogens with zero attached hydrogens (tertiary/aromatic N) is 1. The highest BCUT2D eigenvalue weighted by atomic mass is 127. The zero-order chi connectivity index (χ0) is 13.6. The van der Waals surface area contributed by atoms with E-state index in [9.17, 15) is 4.39 Å². The lowest BCUT2D eigenvalue weighted by Gasteiger charge is -2.23. The van der Waals surface area contributed by atoms with Crippen molar-refractivity contribution in [3.05, 3.63) is 26.3 Å². The molecule has 1 aliphatic rings. The Balaban J connectivity index is 2.10. The predicted molar refractivity (Wildman–Crippen MR) is 83.4 cm³/mol. The first-order valence-electron chi connectivity index (χ1n) is 6.20. The van der Waals surface area contributed by atoms with Gasteiger partial charge in [0, 0.05) is 12.7 Å². The number of ether oxygens (including phenoxy) is 1. The number of benzene rings is 1. The van der Waals surface area contributed by atoms with Crippen LogP contribution in [0.2, 0.25) is 0 Å². The van der Waals surface area contributed by atoms with Crippen molar-refractivity contribution in [2.24, 2.45) is 0 Å². The van der Waals surface area contributed by atoms with Crippen molar-refractivity contribution in [1.29, 1.82) is 0 Å². The summed E-state index contributed by atoms with van der Waals surface area (Å²) in [6, 6.07) is 3.33. The van der Waals surface area contributed by atoms with Gasteiger partial charge in [0.25, 0.3) is 0 Å². The molecule has 6 heteroatoms. The van der Waals surface area contributed by atoms with Crippen molar-refractivity contribution in [3.8, 4) is 0 Å². The molecule has 2 heterocycles. The van der Waals surface area contributed by atoms with Gasteiger partial charge in [-0.3, -0.25) is 0 Å². The van der Waals surface area contributed by atoms with E-state index in [1.165, 1.54) is 0 Å². The third kappa shape index (κ3) is 2.45.